The molecular weight excluding hydrogens is 646 g/mol. The Morgan fingerprint density at radius 2 is 1.60 bits per heavy atom. The molecule has 50 heavy (non-hydrogen) atoms. The third kappa shape index (κ3) is 5.14. The molecule has 6 aromatic rings. The van der Waals surface area contributed by atoms with E-state index < -0.39 is 60.7 Å². The maximum Gasteiger partial charge on any atom is 0.303 e. The van der Waals surface area contributed by atoms with Gasteiger partial charge in [0.2, 0.25) is 0 Å². The molecule has 3 N–H and O–H groups in total. The van der Waals surface area contributed by atoms with Crippen LogP contribution in [0.5, 0.6) is 0 Å². The molecule has 0 radical (unpaired) electrons. The number of fused-ring (bicyclic) bond motifs is 3. The first-order valence-electron chi connectivity index (χ1n) is 16.2. The number of carbonyl (C=O) groups excluding carboxylic acids is 3. The van der Waals surface area contributed by atoms with E-state index in [0.717, 1.165) is 32.3 Å². The van der Waals surface area contributed by atoms with Gasteiger partial charge in [-0.2, -0.15) is 0 Å². The number of esters is 3. The first kappa shape index (κ1) is 31.8. The Bertz CT molecular complexity index is 2290. The molecule has 256 valence electrons. The zero-order valence-electron chi connectivity index (χ0n) is 27.3. The van der Waals surface area contributed by atoms with Crippen LogP contribution in [0, 0.1) is 0 Å². The Balaban J connectivity index is 1.36. The minimum Gasteiger partial charge on any atom is -0.456 e. The van der Waals surface area contributed by atoms with Crippen LogP contribution in [0.1, 0.15) is 56.7 Å². The summed E-state index contributed by atoms with van der Waals surface area (Å²) < 4.78 is 25.2. The Labute approximate surface area is 284 Å². The highest BCUT2D eigenvalue weighted by atomic mass is 16.6. The van der Waals surface area contributed by atoms with Crippen molar-refractivity contribution >= 4 is 67.2 Å². The maximum atomic E-state index is 12.8. The van der Waals surface area contributed by atoms with Gasteiger partial charge in [0.1, 0.15) is 18.7 Å². The molecular formula is C36H33N5O9. The summed E-state index contributed by atoms with van der Waals surface area (Å²) in [5, 5.41) is 29.2. The topological polar surface area (TPSA) is 184 Å². The fourth-order valence-electron chi connectivity index (χ4n) is 7.62. The fourth-order valence-corrected chi connectivity index (χ4v) is 7.62. The number of hydrogen-bond donors (Lipinski definition) is 3. The number of nitrogens with one attached hydrogen (secondary N) is 1. The third-order valence-electron chi connectivity index (χ3n) is 9.53. The van der Waals surface area contributed by atoms with Gasteiger partial charge in [0.25, 0.3) is 0 Å². The summed E-state index contributed by atoms with van der Waals surface area (Å²) >= 11 is 0. The molecule has 2 aromatic heterocycles. The summed E-state index contributed by atoms with van der Waals surface area (Å²) in [6, 6.07) is 15.1. The highest BCUT2D eigenvalue weighted by Crippen LogP contribution is 2.49. The van der Waals surface area contributed by atoms with Crippen LogP contribution in [0.3, 0.4) is 0 Å². The van der Waals surface area contributed by atoms with E-state index in [1.165, 1.54) is 33.4 Å². The third-order valence-corrected chi connectivity index (χ3v) is 9.53. The van der Waals surface area contributed by atoms with Crippen LogP contribution >= 0.6 is 0 Å². The fraction of sp³-hybridized carbons (Fsp3) is 0.333. The number of hydrogen-bond acceptors (Lipinski definition) is 13. The lowest BCUT2D eigenvalue weighted by Gasteiger charge is -2.43. The number of nitrogens with zero attached hydrogens (tertiary/aromatic N) is 4. The Morgan fingerprint density at radius 3 is 2.30 bits per heavy atom. The molecule has 2 aliphatic rings. The van der Waals surface area contributed by atoms with Gasteiger partial charge >= 0.3 is 17.9 Å². The minimum absolute atomic E-state index is 0.217. The summed E-state index contributed by atoms with van der Waals surface area (Å²) in [5.41, 5.74) is 1.97. The molecule has 7 unspecified atom stereocenters. The van der Waals surface area contributed by atoms with Crippen LogP contribution in [0.15, 0.2) is 61.2 Å². The van der Waals surface area contributed by atoms with E-state index in [1.807, 2.05) is 48.5 Å². The number of ether oxygens (including phenoxy) is 4. The van der Waals surface area contributed by atoms with Crippen LogP contribution in [0.4, 0.5) is 5.82 Å². The van der Waals surface area contributed by atoms with Crippen molar-refractivity contribution in [1.82, 2.24) is 19.5 Å². The molecule has 7 atom stereocenters. The lowest BCUT2D eigenvalue weighted by Crippen LogP contribution is -2.50. The Morgan fingerprint density at radius 1 is 0.900 bits per heavy atom. The second kappa shape index (κ2) is 12.2. The molecule has 4 aromatic carbocycles. The maximum absolute atomic E-state index is 12.8. The number of anilines is 1. The molecule has 14 nitrogen and oxygen atoms in total. The van der Waals surface area contributed by atoms with Crippen molar-refractivity contribution < 1.29 is 43.5 Å². The van der Waals surface area contributed by atoms with Gasteiger partial charge < -0.3 is 34.5 Å². The number of imidazole rings is 1. The SMILES string of the molecule is CC(=O)OC1c2cc3ccc4cccc5ccc(c2C(Nc2ncnc6c2ncn6C2CC(O)C(CO)O2)C(OC(C)=O)C1OC(C)=O)c3c45. The lowest BCUT2D eigenvalue weighted by atomic mass is 9.77. The highest BCUT2D eigenvalue weighted by molar-refractivity contribution is 6.24. The van der Waals surface area contributed by atoms with Gasteiger partial charge in [0.05, 0.1) is 25.1 Å². The van der Waals surface area contributed by atoms with E-state index in [-0.39, 0.29) is 18.8 Å². The van der Waals surface area contributed by atoms with Gasteiger partial charge in [-0.05, 0) is 43.9 Å². The van der Waals surface area contributed by atoms with E-state index in [4.69, 9.17) is 18.9 Å². The lowest BCUT2D eigenvalue weighted by molar-refractivity contribution is -0.187. The molecule has 1 fully saturated rings. The van der Waals surface area contributed by atoms with Crippen molar-refractivity contribution in [2.24, 2.45) is 0 Å². The zero-order chi connectivity index (χ0) is 34.8. The number of aliphatic hydroxyl groups is 2. The standard InChI is InChI=1S/C36H33N5O9/c1-16(43)47-32-23-11-21-8-7-19-5-4-6-20-9-10-22(28(21)27(19)20)29(23)30(33(48-17(2)44)34(32)49-18(3)45)40-35-31-36(38-14-37-35)41(15-39-31)26-12-24(46)25(13-42)50-26/h4-11,14-15,24-26,30,32-34,42,46H,12-13H2,1-3H3,(H,37,38,40). The van der Waals surface area contributed by atoms with Crippen molar-refractivity contribution in [2.45, 2.75) is 70.0 Å². The predicted octanol–water partition coefficient (Wildman–Crippen LogP) is 4.00. The molecule has 0 spiro atoms. The monoisotopic (exact) mass is 679 g/mol. The van der Waals surface area contributed by atoms with Gasteiger partial charge in [0, 0.05) is 32.8 Å². The van der Waals surface area contributed by atoms with Crippen LogP contribution in [0.2, 0.25) is 0 Å². The van der Waals surface area contributed by atoms with Gasteiger partial charge in [-0.25, -0.2) is 15.0 Å². The van der Waals surface area contributed by atoms with Crippen LogP contribution in [-0.4, -0.2) is 78.7 Å². The second-order valence-corrected chi connectivity index (χ2v) is 12.7. The van der Waals surface area contributed by atoms with Crippen LogP contribution < -0.4 is 5.32 Å². The van der Waals surface area contributed by atoms with Gasteiger partial charge in [-0.1, -0.05) is 42.5 Å². The largest absolute Gasteiger partial charge is 0.456 e. The van der Waals surface area contributed by atoms with Crippen LogP contribution in [-0.2, 0) is 33.3 Å². The van der Waals surface area contributed by atoms with Gasteiger partial charge in [-0.3, -0.25) is 19.0 Å². The summed E-state index contributed by atoms with van der Waals surface area (Å²) in [7, 11) is 0. The first-order valence-corrected chi connectivity index (χ1v) is 16.2. The van der Waals surface area contributed by atoms with Crippen molar-refractivity contribution in [3.8, 4) is 0 Å². The van der Waals surface area contributed by atoms with Crippen LogP contribution in [0.25, 0.3) is 43.5 Å². The average Bonchev–Trinajstić information content (AvgIpc) is 3.69. The smallest absolute Gasteiger partial charge is 0.303 e. The Hall–Kier alpha value is -5.44. The molecule has 14 heteroatoms. The van der Waals surface area contributed by atoms with E-state index in [2.05, 4.69) is 20.3 Å². The van der Waals surface area contributed by atoms with E-state index >= 15 is 0 Å². The molecule has 1 aliphatic heterocycles. The molecule has 1 aliphatic carbocycles. The summed E-state index contributed by atoms with van der Waals surface area (Å²) in [6.45, 7) is 3.41. The number of aromatic nitrogens is 4. The number of rotatable bonds is 7. The number of benzene rings is 4. The van der Waals surface area contributed by atoms with Crippen molar-refractivity contribution in [2.75, 3.05) is 11.9 Å². The highest BCUT2D eigenvalue weighted by Gasteiger charge is 2.50. The van der Waals surface area contributed by atoms with Crippen molar-refractivity contribution in [1.29, 1.82) is 0 Å². The van der Waals surface area contributed by atoms with E-state index in [1.54, 1.807) is 4.57 Å². The molecule has 1 saturated heterocycles. The minimum atomic E-state index is -1.24. The number of carbonyl (C=O) groups is 3. The van der Waals surface area contributed by atoms with Gasteiger partial charge in [0.15, 0.2) is 35.3 Å². The average molecular weight is 680 g/mol. The van der Waals surface area contributed by atoms with Crippen molar-refractivity contribution in [3.63, 3.8) is 0 Å². The Kier molecular flexibility index (Phi) is 7.73. The molecule has 8 rings (SSSR count). The summed E-state index contributed by atoms with van der Waals surface area (Å²) in [5.74, 6) is -1.64. The number of aliphatic hydroxyl groups excluding tert-OH is 2. The molecule has 3 heterocycles. The molecule has 0 saturated carbocycles. The zero-order valence-corrected chi connectivity index (χ0v) is 27.3. The summed E-state index contributed by atoms with van der Waals surface area (Å²) in [6.07, 6.45) is -2.73. The van der Waals surface area contributed by atoms with E-state index in [0.29, 0.717) is 22.3 Å². The molecule has 0 bridgehead atoms. The van der Waals surface area contributed by atoms with Crippen molar-refractivity contribution in [3.05, 3.63) is 72.3 Å². The van der Waals surface area contributed by atoms with E-state index in [9.17, 15) is 24.6 Å². The molecule has 0 amide bonds. The second-order valence-electron chi connectivity index (χ2n) is 12.7. The normalized spacial score (nSPS) is 24.9. The first-order chi connectivity index (χ1) is 24.1. The predicted molar refractivity (Wildman–Crippen MR) is 179 cm³/mol. The quantitative estimate of drug-likeness (QED) is 0.125. The summed E-state index contributed by atoms with van der Waals surface area (Å²) in [4.78, 5) is 51.5. The van der Waals surface area contributed by atoms with Gasteiger partial charge in [-0.15, -0.1) is 0 Å².